The summed E-state index contributed by atoms with van der Waals surface area (Å²) in [4.78, 5) is 19.1. The molecule has 4 rings (SSSR count). The average molecular weight is 424 g/mol. The summed E-state index contributed by atoms with van der Waals surface area (Å²) in [6, 6.07) is 13.6. The Hall–Kier alpha value is -3.26. The Morgan fingerprint density at radius 1 is 1.26 bits per heavy atom. The Bertz CT molecular complexity index is 1020. The van der Waals surface area contributed by atoms with Crippen LogP contribution in [-0.4, -0.2) is 47.7 Å². The van der Waals surface area contributed by atoms with Gasteiger partial charge in [-0.15, -0.1) is 0 Å². The normalized spacial score (nSPS) is 16.8. The molecule has 1 fully saturated rings. The van der Waals surface area contributed by atoms with Gasteiger partial charge in [-0.1, -0.05) is 23.4 Å². The lowest BCUT2D eigenvalue weighted by atomic mass is 9.98. The van der Waals surface area contributed by atoms with Gasteiger partial charge in [-0.3, -0.25) is 9.69 Å². The van der Waals surface area contributed by atoms with E-state index in [1.807, 2.05) is 24.3 Å². The molecule has 1 unspecified atom stereocenters. The summed E-state index contributed by atoms with van der Waals surface area (Å²) in [6.07, 6.45) is 1.86. The molecule has 2 aromatic carbocycles. The molecule has 1 amide bonds. The number of methoxy groups -OCH3 is 1. The van der Waals surface area contributed by atoms with Gasteiger partial charge in [-0.2, -0.15) is 4.98 Å². The maximum Gasteiger partial charge on any atom is 0.234 e. The standard InChI is InChI=1S/C23H25FN4O3/c1-30-20-7-3-2-5-17(20)13-25-21(29)15-28-12-4-6-18(14-28)23-26-22(27-31-23)16-8-10-19(24)11-9-16/h2-3,5,7-11,18H,4,6,12-15H2,1H3,(H,25,29). The van der Waals surface area contributed by atoms with Crippen molar-refractivity contribution in [3.63, 3.8) is 0 Å². The number of hydrogen-bond acceptors (Lipinski definition) is 6. The molecule has 0 radical (unpaired) electrons. The summed E-state index contributed by atoms with van der Waals surface area (Å²) in [5.74, 6) is 1.48. The highest BCUT2D eigenvalue weighted by molar-refractivity contribution is 5.78. The minimum Gasteiger partial charge on any atom is -0.496 e. The van der Waals surface area contributed by atoms with E-state index in [0.29, 0.717) is 36.9 Å². The van der Waals surface area contributed by atoms with Gasteiger partial charge in [0.25, 0.3) is 0 Å². The zero-order chi connectivity index (χ0) is 21.6. The van der Waals surface area contributed by atoms with Gasteiger partial charge in [0.05, 0.1) is 19.6 Å². The average Bonchev–Trinajstić information content (AvgIpc) is 3.29. The summed E-state index contributed by atoms with van der Waals surface area (Å²) in [5.41, 5.74) is 1.65. The lowest BCUT2D eigenvalue weighted by Gasteiger charge is -2.30. The molecule has 3 aromatic rings. The molecule has 1 N–H and O–H groups in total. The summed E-state index contributed by atoms with van der Waals surface area (Å²) in [7, 11) is 1.62. The minimum absolute atomic E-state index is 0.0379. The number of piperidine rings is 1. The number of halogens is 1. The second kappa shape index (κ2) is 9.70. The molecule has 0 saturated carbocycles. The quantitative estimate of drug-likeness (QED) is 0.626. The van der Waals surface area contributed by atoms with Crippen molar-refractivity contribution in [1.82, 2.24) is 20.4 Å². The molecule has 7 nitrogen and oxygen atoms in total. The number of ether oxygens (including phenoxy) is 1. The number of amides is 1. The van der Waals surface area contributed by atoms with E-state index in [-0.39, 0.29) is 17.6 Å². The first-order valence-electron chi connectivity index (χ1n) is 10.3. The number of aromatic nitrogens is 2. The number of rotatable bonds is 7. The van der Waals surface area contributed by atoms with Crippen molar-refractivity contribution in [3.8, 4) is 17.1 Å². The molecular weight excluding hydrogens is 399 g/mol. The fraction of sp³-hybridized carbons (Fsp3) is 0.348. The van der Waals surface area contributed by atoms with Gasteiger partial charge in [0.2, 0.25) is 17.6 Å². The highest BCUT2D eigenvalue weighted by Gasteiger charge is 2.27. The highest BCUT2D eigenvalue weighted by atomic mass is 19.1. The highest BCUT2D eigenvalue weighted by Crippen LogP contribution is 2.27. The number of carbonyl (C=O) groups is 1. The Morgan fingerprint density at radius 2 is 2.06 bits per heavy atom. The van der Waals surface area contributed by atoms with E-state index in [1.165, 1.54) is 12.1 Å². The van der Waals surface area contributed by atoms with Crippen LogP contribution >= 0.6 is 0 Å². The van der Waals surface area contributed by atoms with Gasteiger partial charge in [-0.25, -0.2) is 4.39 Å². The molecule has 1 atom stereocenters. The Labute approximate surface area is 180 Å². The minimum atomic E-state index is -0.306. The number of likely N-dealkylation sites (tertiary alicyclic amines) is 1. The van der Waals surface area contributed by atoms with Gasteiger partial charge < -0.3 is 14.6 Å². The fourth-order valence-electron chi connectivity index (χ4n) is 3.82. The second-order valence-corrected chi connectivity index (χ2v) is 7.63. The van der Waals surface area contributed by atoms with Crippen LogP contribution in [0.4, 0.5) is 4.39 Å². The Balaban J connectivity index is 1.32. The topological polar surface area (TPSA) is 80.5 Å². The predicted molar refractivity (Wildman–Crippen MR) is 113 cm³/mol. The second-order valence-electron chi connectivity index (χ2n) is 7.63. The maximum absolute atomic E-state index is 13.1. The van der Waals surface area contributed by atoms with Crippen LogP contribution in [0.15, 0.2) is 53.1 Å². The monoisotopic (exact) mass is 424 g/mol. The van der Waals surface area contributed by atoms with Gasteiger partial charge in [-0.05, 0) is 49.7 Å². The van der Waals surface area contributed by atoms with E-state index in [9.17, 15) is 9.18 Å². The van der Waals surface area contributed by atoms with Crippen LogP contribution in [0.2, 0.25) is 0 Å². The van der Waals surface area contributed by atoms with Gasteiger partial charge in [0, 0.05) is 24.2 Å². The zero-order valence-electron chi connectivity index (χ0n) is 17.4. The Morgan fingerprint density at radius 3 is 2.87 bits per heavy atom. The van der Waals surface area contributed by atoms with E-state index < -0.39 is 0 Å². The van der Waals surface area contributed by atoms with Crippen molar-refractivity contribution >= 4 is 5.91 Å². The molecule has 0 aliphatic carbocycles. The van der Waals surface area contributed by atoms with Gasteiger partial charge >= 0.3 is 0 Å². The lowest BCUT2D eigenvalue weighted by Crippen LogP contribution is -2.41. The third-order valence-corrected chi connectivity index (χ3v) is 5.43. The molecule has 2 heterocycles. The van der Waals surface area contributed by atoms with Crippen LogP contribution in [0.3, 0.4) is 0 Å². The molecule has 162 valence electrons. The summed E-state index contributed by atoms with van der Waals surface area (Å²) in [6.45, 7) is 2.25. The molecule has 0 bridgehead atoms. The van der Waals surface area contributed by atoms with E-state index in [4.69, 9.17) is 9.26 Å². The number of nitrogens with one attached hydrogen (secondary N) is 1. The molecular formula is C23H25FN4O3. The van der Waals surface area contributed by atoms with Crippen molar-refractivity contribution in [2.45, 2.75) is 25.3 Å². The molecule has 1 aliphatic heterocycles. The molecule has 1 aromatic heterocycles. The van der Waals surface area contributed by atoms with Crippen LogP contribution in [-0.2, 0) is 11.3 Å². The van der Waals surface area contributed by atoms with Crippen LogP contribution in [0.25, 0.3) is 11.4 Å². The molecule has 0 spiro atoms. The van der Waals surface area contributed by atoms with E-state index >= 15 is 0 Å². The van der Waals surface area contributed by atoms with Crippen molar-refractivity contribution in [3.05, 3.63) is 65.8 Å². The summed E-state index contributed by atoms with van der Waals surface area (Å²) in [5, 5.41) is 7.00. The SMILES string of the molecule is COc1ccccc1CNC(=O)CN1CCCC(c2nc(-c3ccc(F)cc3)no2)C1. The van der Waals surface area contributed by atoms with E-state index in [0.717, 1.165) is 30.7 Å². The molecule has 1 aliphatic rings. The largest absolute Gasteiger partial charge is 0.496 e. The van der Waals surface area contributed by atoms with Crippen molar-refractivity contribution in [1.29, 1.82) is 0 Å². The first-order chi connectivity index (χ1) is 15.1. The first kappa shape index (κ1) is 21.0. The van der Waals surface area contributed by atoms with Crippen LogP contribution in [0.5, 0.6) is 5.75 Å². The summed E-state index contributed by atoms with van der Waals surface area (Å²) < 4.78 is 23.9. The molecule has 31 heavy (non-hydrogen) atoms. The van der Waals surface area contributed by atoms with Crippen LogP contribution in [0.1, 0.15) is 30.2 Å². The van der Waals surface area contributed by atoms with Gasteiger partial charge in [0.1, 0.15) is 11.6 Å². The zero-order valence-corrected chi connectivity index (χ0v) is 17.4. The summed E-state index contributed by atoms with van der Waals surface area (Å²) >= 11 is 0. The smallest absolute Gasteiger partial charge is 0.234 e. The number of nitrogens with zero attached hydrogens (tertiary/aromatic N) is 3. The number of benzene rings is 2. The third kappa shape index (κ3) is 5.27. The van der Waals surface area contributed by atoms with Gasteiger partial charge in [0.15, 0.2) is 0 Å². The lowest BCUT2D eigenvalue weighted by molar-refractivity contribution is -0.122. The van der Waals surface area contributed by atoms with E-state index in [1.54, 1.807) is 19.2 Å². The Kier molecular flexibility index (Phi) is 6.57. The van der Waals surface area contributed by atoms with Crippen LogP contribution < -0.4 is 10.1 Å². The molecule has 1 saturated heterocycles. The molecule has 8 heteroatoms. The maximum atomic E-state index is 13.1. The van der Waals surface area contributed by atoms with E-state index in [2.05, 4.69) is 20.4 Å². The van der Waals surface area contributed by atoms with Crippen molar-refractivity contribution in [2.75, 3.05) is 26.7 Å². The van der Waals surface area contributed by atoms with Crippen LogP contribution in [0, 0.1) is 5.82 Å². The fourth-order valence-corrected chi connectivity index (χ4v) is 3.82. The number of carbonyl (C=O) groups excluding carboxylic acids is 1. The number of hydrogen-bond donors (Lipinski definition) is 1. The first-order valence-corrected chi connectivity index (χ1v) is 10.3. The van der Waals surface area contributed by atoms with Crippen molar-refractivity contribution < 1.29 is 18.4 Å². The van der Waals surface area contributed by atoms with Crippen molar-refractivity contribution in [2.24, 2.45) is 0 Å². The predicted octanol–water partition coefficient (Wildman–Crippen LogP) is 3.38. The third-order valence-electron chi connectivity index (χ3n) is 5.43. The number of para-hydroxylation sites is 1.